The lowest BCUT2D eigenvalue weighted by atomic mass is 9.73. The lowest BCUT2D eigenvalue weighted by Crippen LogP contribution is -2.40. The van der Waals surface area contributed by atoms with Crippen molar-refractivity contribution in [3.8, 4) is 16.5 Å². The highest BCUT2D eigenvalue weighted by Crippen LogP contribution is 2.52. The van der Waals surface area contributed by atoms with Gasteiger partial charge in [-0.2, -0.15) is 5.26 Å². The number of thiazole rings is 1. The van der Waals surface area contributed by atoms with Gasteiger partial charge in [-0.3, -0.25) is 4.79 Å². The third-order valence-electron chi connectivity index (χ3n) is 9.29. The maximum Gasteiger partial charge on any atom is 0.265 e. The summed E-state index contributed by atoms with van der Waals surface area (Å²) in [5.74, 6) is -0.0816. The number of anilines is 2. The van der Waals surface area contributed by atoms with Gasteiger partial charge in [-0.25, -0.2) is 26.1 Å². The summed E-state index contributed by atoms with van der Waals surface area (Å²) in [5, 5.41) is 9.98. The SMILES string of the molecule is CN(c1nc([C@@H]2CCCC[C@H]2C(=O)CC2(C#N)CC2)c(-c2ccc(N3CCS(=O)(=O)CC3)cc2)s1)S(=O)(=O)c1ccccc1. The number of sulfonamides is 1. The number of nitrogens with zero attached hydrogens (tertiary/aromatic N) is 4. The summed E-state index contributed by atoms with van der Waals surface area (Å²) in [4.78, 5) is 21.7. The van der Waals surface area contributed by atoms with Crippen molar-refractivity contribution in [2.24, 2.45) is 11.3 Å². The fourth-order valence-corrected chi connectivity index (χ4v) is 10.0. The fourth-order valence-electron chi connectivity index (χ4n) is 6.35. The number of rotatable bonds is 9. The molecule has 44 heavy (non-hydrogen) atoms. The predicted molar refractivity (Wildman–Crippen MR) is 172 cm³/mol. The van der Waals surface area contributed by atoms with Gasteiger partial charge in [-0.05, 0) is 55.5 Å². The van der Waals surface area contributed by atoms with Crippen LogP contribution < -0.4 is 9.21 Å². The largest absolute Gasteiger partial charge is 0.369 e. The highest BCUT2D eigenvalue weighted by atomic mass is 32.2. The van der Waals surface area contributed by atoms with Crippen LogP contribution in [0, 0.1) is 22.7 Å². The third kappa shape index (κ3) is 6.14. The molecule has 1 aromatic heterocycles. The summed E-state index contributed by atoms with van der Waals surface area (Å²) in [7, 11) is -5.36. The first-order valence-electron chi connectivity index (χ1n) is 15.1. The zero-order valence-electron chi connectivity index (χ0n) is 24.7. The minimum Gasteiger partial charge on any atom is -0.369 e. The molecule has 1 saturated heterocycles. The van der Waals surface area contributed by atoms with E-state index in [-0.39, 0.29) is 40.4 Å². The van der Waals surface area contributed by atoms with Crippen molar-refractivity contribution in [3.05, 3.63) is 60.3 Å². The molecule has 2 aliphatic carbocycles. The Bertz CT molecular complexity index is 1780. The van der Waals surface area contributed by atoms with E-state index in [1.165, 1.54) is 22.7 Å². The molecule has 2 heterocycles. The quantitative estimate of drug-likeness (QED) is 0.300. The van der Waals surface area contributed by atoms with Crippen LogP contribution >= 0.6 is 11.3 Å². The van der Waals surface area contributed by atoms with Gasteiger partial charge >= 0.3 is 0 Å². The van der Waals surface area contributed by atoms with Crippen LogP contribution in [0.15, 0.2) is 59.5 Å². The Labute approximate surface area is 263 Å². The number of hydrogen-bond acceptors (Lipinski definition) is 9. The molecule has 12 heteroatoms. The van der Waals surface area contributed by atoms with Crippen molar-refractivity contribution in [2.75, 3.05) is 40.8 Å². The van der Waals surface area contributed by atoms with E-state index in [4.69, 9.17) is 4.98 Å². The Morgan fingerprint density at radius 1 is 1.07 bits per heavy atom. The number of ketones is 1. The number of nitriles is 1. The standard InChI is InChI=1S/C32H36N4O5S3/c1-35(44(40,41)25-7-3-2-4-8-25)31-34-29(27-10-6-5-9-26(27)28(37)21-32(22-33)15-16-32)30(42-31)23-11-13-24(14-12-23)36-17-19-43(38,39)20-18-36/h2-4,7-8,11-14,26-27H,5-6,9-10,15-21H2,1H3/t26-,27-/m1/s1. The second-order valence-corrected chi connectivity index (χ2v) is 17.5. The van der Waals surface area contributed by atoms with Crippen LogP contribution in [-0.4, -0.2) is 59.2 Å². The van der Waals surface area contributed by atoms with E-state index in [9.17, 15) is 26.9 Å². The predicted octanol–water partition coefficient (Wildman–Crippen LogP) is 5.41. The third-order valence-corrected chi connectivity index (χ3v) is 14.0. The van der Waals surface area contributed by atoms with E-state index >= 15 is 0 Å². The molecule has 3 fully saturated rings. The van der Waals surface area contributed by atoms with Crippen molar-refractivity contribution >= 4 is 47.8 Å². The lowest BCUT2D eigenvalue weighted by Gasteiger charge is -2.31. The number of hydrogen-bond donors (Lipinski definition) is 0. The summed E-state index contributed by atoms with van der Waals surface area (Å²) in [6, 6.07) is 18.5. The van der Waals surface area contributed by atoms with Crippen LogP contribution in [0.2, 0.25) is 0 Å². The molecule has 0 bridgehead atoms. The van der Waals surface area contributed by atoms with E-state index in [0.717, 1.165) is 60.3 Å². The highest BCUT2D eigenvalue weighted by molar-refractivity contribution is 7.93. The summed E-state index contributed by atoms with van der Waals surface area (Å²) in [5.41, 5.74) is 2.01. The number of carbonyl (C=O) groups is 1. The molecule has 6 rings (SSSR count). The van der Waals surface area contributed by atoms with E-state index in [0.29, 0.717) is 18.2 Å². The van der Waals surface area contributed by atoms with Gasteiger partial charge in [0.25, 0.3) is 10.0 Å². The zero-order valence-corrected chi connectivity index (χ0v) is 27.1. The van der Waals surface area contributed by atoms with Gasteiger partial charge in [-0.15, -0.1) is 0 Å². The molecule has 2 aromatic carbocycles. The van der Waals surface area contributed by atoms with Crippen LogP contribution in [0.4, 0.5) is 10.8 Å². The number of carbonyl (C=O) groups excluding carboxylic acids is 1. The maximum absolute atomic E-state index is 13.7. The minimum atomic E-state index is -3.87. The lowest BCUT2D eigenvalue weighted by molar-refractivity contribution is -0.125. The maximum atomic E-state index is 13.7. The Hall–Kier alpha value is -3.27. The average molecular weight is 653 g/mol. The molecule has 2 saturated carbocycles. The summed E-state index contributed by atoms with van der Waals surface area (Å²) < 4.78 is 52.2. The van der Waals surface area contributed by atoms with E-state index in [2.05, 4.69) is 11.0 Å². The van der Waals surface area contributed by atoms with Crippen molar-refractivity contribution in [1.82, 2.24) is 4.98 Å². The van der Waals surface area contributed by atoms with Crippen molar-refractivity contribution in [2.45, 2.75) is 55.8 Å². The molecule has 232 valence electrons. The van der Waals surface area contributed by atoms with Gasteiger partial charge < -0.3 is 4.90 Å². The molecule has 0 amide bonds. The van der Waals surface area contributed by atoms with Crippen LogP contribution in [0.25, 0.3) is 10.4 Å². The number of aromatic nitrogens is 1. The van der Waals surface area contributed by atoms with Gasteiger partial charge in [0.1, 0.15) is 5.78 Å². The second-order valence-electron chi connectivity index (χ2n) is 12.2. The molecule has 2 atom stereocenters. The molecule has 3 aromatic rings. The van der Waals surface area contributed by atoms with Gasteiger partial charge in [-0.1, -0.05) is 54.5 Å². The first-order valence-corrected chi connectivity index (χ1v) is 19.1. The smallest absolute Gasteiger partial charge is 0.265 e. The van der Waals surface area contributed by atoms with E-state index in [1.807, 2.05) is 24.3 Å². The molecule has 0 radical (unpaired) electrons. The minimum absolute atomic E-state index is 0.106. The Kier molecular flexibility index (Phi) is 8.32. The fraction of sp³-hybridized carbons (Fsp3) is 0.469. The molecular weight excluding hydrogens is 617 g/mol. The van der Waals surface area contributed by atoms with Gasteiger partial charge in [0.2, 0.25) is 0 Å². The molecular formula is C32H36N4O5S3. The summed E-state index contributed by atoms with van der Waals surface area (Å²) >= 11 is 1.30. The van der Waals surface area contributed by atoms with Crippen LogP contribution in [0.1, 0.15) is 56.6 Å². The normalized spacial score (nSPS) is 22.6. The Morgan fingerprint density at radius 3 is 2.36 bits per heavy atom. The molecule has 0 spiro atoms. The second kappa shape index (κ2) is 11.9. The monoisotopic (exact) mass is 652 g/mol. The Morgan fingerprint density at radius 2 is 1.73 bits per heavy atom. The average Bonchev–Trinajstić information content (AvgIpc) is 3.67. The summed E-state index contributed by atoms with van der Waals surface area (Å²) in [6.07, 6.45) is 5.15. The molecule has 3 aliphatic rings. The van der Waals surface area contributed by atoms with Gasteiger partial charge in [0, 0.05) is 44.1 Å². The molecule has 1 aliphatic heterocycles. The van der Waals surface area contributed by atoms with Crippen LogP contribution in [0.3, 0.4) is 0 Å². The van der Waals surface area contributed by atoms with Gasteiger partial charge in [0.05, 0.1) is 38.5 Å². The first kappa shape index (κ1) is 30.7. The number of Topliss-reactive ketones (excluding diaryl/α,β-unsaturated/α-hetero) is 1. The van der Waals surface area contributed by atoms with Crippen molar-refractivity contribution in [1.29, 1.82) is 5.26 Å². The summed E-state index contributed by atoms with van der Waals surface area (Å²) in [6.45, 7) is 0.881. The van der Waals surface area contributed by atoms with E-state index < -0.39 is 25.3 Å². The first-order chi connectivity index (χ1) is 21.0. The molecule has 0 unspecified atom stereocenters. The highest BCUT2D eigenvalue weighted by Gasteiger charge is 2.47. The zero-order chi connectivity index (χ0) is 31.1. The molecule has 9 nitrogen and oxygen atoms in total. The topological polar surface area (TPSA) is 129 Å². The van der Waals surface area contributed by atoms with Crippen molar-refractivity contribution in [3.63, 3.8) is 0 Å². The van der Waals surface area contributed by atoms with E-state index in [1.54, 1.807) is 30.3 Å². The van der Waals surface area contributed by atoms with Crippen LogP contribution in [0.5, 0.6) is 0 Å². The van der Waals surface area contributed by atoms with Crippen LogP contribution in [-0.2, 0) is 24.7 Å². The van der Waals surface area contributed by atoms with Crippen molar-refractivity contribution < 1.29 is 21.6 Å². The number of sulfone groups is 1. The number of benzene rings is 2. The van der Waals surface area contributed by atoms with Gasteiger partial charge in [0.15, 0.2) is 15.0 Å². The molecule has 0 N–H and O–H groups in total. The Balaban J connectivity index is 1.37.